The van der Waals surface area contributed by atoms with Crippen molar-refractivity contribution in [2.75, 3.05) is 44.9 Å². The van der Waals surface area contributed by atoms with Crippen LogP contribution in [-0.4, -0.2) is 87.6 Å². The van der Waals surface area contributed by atoms with Gasteiger partial charge in [0.2, 0.25) is 6.79 Å². The normalized spacial score (nSPS) is 21.2. The van der Waals surface area contributed by atoms with Gasteiger partial charge in [0.15, 0.2) is 11.5 Å². The second kappa shape index (κ2) is 16.0. The largest absolute Gasteiger partial charge is 0.490 e. The van der Waals surface area contributed by atoms with Gasteiger partial charge in [-0.15, -0.1) is 0 Å². The fourth-order valence-corrected chi connectivity index (χ4v) is 7.06. The molecule has 0 unspecified atom stereocenters. The van der Waals surface area contributed by atoms with E-state index in [-0.39, 0.29) is 53.6 Å². The minimum absolute atomic E-state index is 0.104. The number of likely N-dealkylation sites (N-methyl/N-ethyl adjacent to an activating group) is 1. The molecule has 11 nitrogen and oxygen atoms in total. The Bertz CT molecular complexity index is 1640. The second-order valence-corrected chi connectivity index (χ2v) is 14.5. The molecular formula is C36H47N3O8S. The quantitative estimate of drug-likeness (QED) is 0.316. The molecule has 0 radical (unpaired) electrons. The fraction of sp³-hybridized carbons (Fsp3) is 0.472. The number of aliphatic hydroxyl groups excluding tert-OH is 1. The number of nitrogens with one attached hydrogen (secondary N) is 1. The highest BCUT2D eigenvalue weighted by molar-refractivity contribution is 7.92. The molecule has 3 aromatic rings. The molecule has 0 saturated heterocycles. The number of hydrogen-bond donors (Lipinski definition) is 2. The van der Waals surface area contributed by atoms with Gasteiger partial charge in [-0.1, -0.05) is 31.2 Å². The number of aliphatic hydroxyl groups is 1. The Morgan fingerprint density at radius 2 is 1.75 bits per heavy atom. The highest BCUT2D eigenvalue weighted by Gasteiger charge is 2.31. The summed E-state index contributed by atoms with van der Waals surface area (Å²) in [7, 11) is -1.85. The average Bonchev–Trinajstić information content (AvgIpc) is 3.54. The molecule has 0 fully saturated rings. The Morgan fingerprint density at radius 1 is 1.00 bits per heavy atom. The summed E-state index contributed by atoms with van der Waals surface area (Å²) in [6, 6.07) is 18.3. The fourth-order valence-electron chi connectivity index (χ4n) is 5.99. The number of rotatable bonds is 9. The summed E-state index contributed by atoms with van der Waals surface area (Å²) in [5.74, 6) is 1.38. The van der Waals surface area contributed by atoms with Gasteiger partial charge >= 0.3 is 0 Å². The topological polar surface area (TPSA) is 127 Å². The van der Waals surface area contributed by atoms with Gasteiger partial charge in [0.25, 0.3) is 15.9 Å². The lowest BCUT2D eigenvalue weighted by atomic mass is 10.0. The van der Waals surface area contributed by atoms with Crippen LogP contribution in [0.5, 0.6) is 17.2 Å². The van der Waals surface area contributed by atoms with Gasteiger partial charge in [-0.3, -0.25) is 14.4 Å². The van der Waals surface area contributed by atoms with Crippen molar-refractivity contribution in [3.05, 3.63) is 77.9 Å². The van der Waals surface area contributed by atoms with Crippen LogP contribution in [-0.2, 0) is 21.3 Å². The first-order valence-electron chi connectivity index (χ1n) is 16.5. The van der Waals surface area contributed by atoms with Crippen molar-refractivity contribution in [3.8, 4) is 17.2 Å². The molecule has 12 heteroatoms. The molecule has 0 spiro atoms. The van der Waals surface area contributed by atoms with Crippen LogP contribution in [0.3, 0.4) is 0 Å². The number of carbonyl (C=O) groups excluding carboxylic acids is 1. The summed E-state index contributed by atoms with van der Waals surface area (Å²) >= 11 is 0. The third kappa shape index (κ3) is 8.98. The number of amides is 1. The van der Waals surface area contributed by atoms with E-state index in [9.17, 15) is 18.3 Å². The molecule has 0 aromatic heterocycles. The van der Waals surface area contributed by atoms with E-state index in [2.05, 4.69) is 16.5 Å². The predicted octanol–water partition coefficient (Wildman–Crippen LogP) is 5.14. The first-order chi connectivity index (χ1) is 23.0. The first-order valence-corrected chi connectivity index (χ1v) is 18.0. The number of fused-ring (bicyclic) bond motifs is 2. The number of benzene rings is 3. The zero-order valence-electron chi connectivity index (χ0n) is 28.1. The predicted molar refractivity (Wildman–Crippen MR) is 183 cm³/mol. The number of ether oxygens (including phenoxy) is 4. The molecule has 260 valence electrons. The average molecular weight is 682 g/mol. The van der Waals surface area contributed by atoms with E-state index < -0.39 is 16.1 Å². The summed E-state index contributed by atoms with van der Waals surface area (Å²) in [6.07, 6.45) is 2.08. The Labute approximate surface area is 283 Å². The minimum atomic E-state index is -3.90. The lowest BCUT2D eigenvalue weighted by Crippen LogP contribution is -2.47. The lowest BCUT2D eigenvalue weighted by Gasteiger charge is -2.36. The molecule has 2 heterocycles. The van der Waals surface area contributed by atoms with Gasteiger partial charge in [0.05, 0.1) is 35.3 Å². The molecule has 5 rings (SSSR count). The molecule has 2 N–H and O–H groups in total. The van der Waals surface area contributed by atoms with Crippen LogP contribution in [0.2, 0.25) is 0 Å². The third-order valence-corrected chi connectivity index (χ3v) is 10.1. The smallest absolute Gasteiger partial charge is 0.261 e. The maximum atomic E-state index is 14.4. The van der Waals surface area contributed by atoms with E-state index in [1.807, 2.05) is 32.2 Å². The zero-order chi connectivity index (χ0) is 34.3. The van der Waals surface area contributed by atoms with Gasteiger partial charge in [0, 0.05) is 37.8 Å². The lowest BCUT2D eigenvalue weighted by molar-refractivity contribution is -0.0177. The highest BCUT2D eigenvalue weighted by Crippen LogP contribution is 2.33. The summed E-state index contributed by atoms with van der Waals surface area (Å²) in [6.45, 7) is 7.94. The van der Waals surface area contributed by atoms with Gasteiger partial charge in [0.1, 0.15) is 5.75 Å². The van der Waals surface area contributed by atoms with Crippen molar-refractivity contribution in [2.24, 2.45) is 5.92 Å². The third-order valence-electron chi connectivity index (χ3n) is 8.74. The van der Waals surface area contributed by atoms with Gasteiger partial charge in [-0.2, -0.15) is 0 Å². The van der Waals surface area contributed by atoms with Crippen LogP contribution in [0.25, 0.3) is 0 Å². The van der Waals surface area contributed by atoms with Crippen molar-refractivity contribution >= 4 is 21.6 Å². The Kier molecular flexibility index (Phi) is 11.9. The van der Waals surface area contributed by atoms with E-state index >= 15 is 0 Å². The molecule has 0 bridgehead atoms. The molecular weight excluding hydrogens is 634 g/mol. The second-order valence-electron chi connectivity index (χ2n) is 12.8. The monoisotopic (exact) mass is 681 g/mol. The molecule has 3 aromatic carbocycles. The van der Waals surface area contributed by atoms with Crippen molar-refractivity contribution in [3.63, 3.8) is 0 Å². The first kappa shape index (κ1) is 35.5. The number of anilines is 1. The molecule has 1 amide bonds. The zero-order valence-corrected chi connectivity index (χ0v) is 28.9. The Hall–Kier alpha value is -3.84. The van der Waals surface area contributed by atoms with Gasteiger partial charge in [-0.25, -0.2) is 8.42 Å². The van der Waals surface area contributed by atoms with E-state index in [0.29, 0.717) is 32.0 Å². The summed E-state index contributed by atoms with van der Waals surface area (Å²) in [5.41, 5.74) is 1.54. The maximum absolute atomic E-state index is 14.4. The Morgan fingerprint density at radius 3 is 2.52 bits per heavy atom. The van der Waals surface area contributed by atoms with Crippen LogP contribution in [0.15, 0.2) is 71.6 Å². The van der Waals surface area contributed by atoms with Gasteiger partial charge < -0.3 is 29.0 Å². The SMILES string of the molecule is C[C@@H]1CCCCO[C@H](CN(C)Cc2ccc3c(c2)OCO3)[C@H](C)CN([C@@H](C)CO)C(=O)c2cc(NS(=O)(=O)c3ccccc3)ccc2O1. The van der Waals surface area contributed by atoms with E-state index in [0.717, 1.165) is 36.3 Å². The molecule has 2 aliphatic rings. The van der Waals surface area contributed by atoms with Gasteiger partial charge in [-0.05, 0) is 88.2 Å². The standard InChI is InChI=1S/C36H47N3O8S/c1-25-20-39(26(2)23-40)36(41)31-19-29(37-48(42,43)30-11-6-5-7-12-30)14-16-32(31)47-27(3)10-8-9-17-44-35(25)22-38(4)21-28-13-15-33-34(18-28)46-24-45-33/h5-7,11-16,18-19,25-27,35,37,40H,8-10,17,20-24H2,1-4H3/t25-,26+,27-,35-/m1/s1. The van der Waals surface area contributed by atoms with Crippen LogP contribution in [0.4, 0.5) is 5.69 Å². The van der Waals surface area contributed by atoms with Crippen molar-refractivity contribution in [1.29, 1.82) is 0 Å². The van der Waals surface area contributed by atoms with Crippen LogP contribution >= 0.6 is 0 Å². The highest BCUT2D eigenvalue weighted by atomic mass is 32.2. The number of hydrogen-bond acceptors (Lipinski definition) is 9. The Balaban J connectivity index is 1.40. The minimum Gasteiger partial charge on any atom is -0.490 e. The molecule has 4 atom stereocenters. The summed E-state index contributed by atoms with van der Waals surface area (Å²) in [5, 5.41) is 10.3. The number of carbonyl (C=O) groups is 1. The number of nitrogens with zero attached hydrogens (tertiary/aromatic N) is 2. The van der Waals surface area contributed by atoms with Crippen molar-refractivity contribution in [1.82, 2.24) is 9.80 Å². The van der Waals surface area contributed by atoms with Crippen LogP contribution < -0.4 is 18.9 Å². The van der Waals surface area contributed by atoms with Crippen molar-refractivity contribution in [2.45, 2.75) is 69.7 Å². The molecule has 0 saturated carbocycles. The van der Waals surface area contributed by atoms with E-state index in [4.69, 9.17) is 18.9 Å². The maximum Gasteiger partial charge on any atom is 0.261 e. The van der Waals surface area contributed by atoms with Crippen LogP contribution in [0, 0.1) is 5.92 Å². The number of sulfonamides is 1. The summed E-state index contributed by atoms with van der Waals surface area (Å²) in [4.78, 5) is 18.3. The van der Waals surface area contributed by atoms with E-state index in [1.165, 1.54) is 18.2 Å². The summed E-state index contributed by atoms with van der Waals surface area (Å²) < 4.78 is 52.7. The van der Waals surface area contributed by atoms with Crippen LogP contribution in [0.1, 0.15) is 56.0 Å². The molecule has 48 heavy (non-hydrogen) atoms. The van der Waals surface area contributed by atoms with E-state index in [1.54, 1.807) is 42.2 Å². The van der Waals surface area contributed by atoms with Crippen molar-refractivity contribution < 1.29 is 37.3 Å². The molecule has 2 aliphatic heterocycles. The molecule has 0 aliphatic carbocycles.